The molecule has 0 aliphatic rings. The first kappa shape index (κ1) is 9.92. The molecule has 0 fully saturated rings. The number of benzene rings is 1. The molecule has 0 atom stereocenters. The normalized spacial score (nSPS) is 11.0. The van der Waals surface area contributed by atoms with Crippen LogP contribution in [0, 0.1) is 0 Å². The number of hydrogen-bond donors (Lipinski definition) is 0. The van der Waals surface area contributed by atoms with Gasteiger partial charge in [0.1, 0.15) is 5.75 Å². The van der Waals surface area contributed by atoms with Gasteiger partial charge in [-0.3, -0.25) is 4.79 Å². The first-order valence-electron chi connectivity index (χ1n) is 3.34. The lowest BCUT2D eigenvalue weighted by molar-refractivity contribution is -0.181. The summed E-state index contributed by atoms with van der Waals surface area (Å²) in [7, 11) is 0. The number of carbonyl (C=O) groups excluding carboxylic acids is 1. The summed E-state index contributed by atoms with van der Waals surface area (Å²) < 4.78 is 29.1. The van der Waals surface area contributed by atoms with Gasteiger partial charge in [-0.2, -0.15) is 8.78 Å². The summed E-state index contributed by atoms with van der Waals surface area (Å²) in [6.45, 7) is 0. The monoisotopic (exact) mass is 206 g/mol. The van der Waals surface area contributed by atoms with Gasteiger partial charge in [-0.15, -0.1) is 0 Å². The van der Waals surface area contributed by atoms with Gasteiger partial charge in [0.2, 0.25) is 0 Å². The van der Waals surface area contributed by atoms with Gasteiger partial charge in [0.15, 0.2) is 0 Å². The average Bonchev–Trinajstić information content (AvgIpc) is 2.05. The van der Waals surface area contributed by atoms with Crippen molar-refractivity contribution in [2.24, 2.45) is 0 Å². The first-order chi connectivity index (χ1) is 6.02. The largest absolute Gasteiger partial charge is 0.477 e. The lowest BCUT2D eigenvalue weighted by Gasteiger charge is -2.12. The van der Waals surface area contributed by atoms with E-state index in [1.165, 1.54) is 24.3 Å². The van der Waals surface area contributed by atoms with Crippen molar-refractivity contribution in [3.63, 3.8) is 0 Å². The van der Waals surface area contributed by atoms with Crippen LogP contribution in [0.1, 0.15) is 0 Å². The Hall–Kier alpha value is -1.16. The third kappa shape index (κ3) is 2.66. The molecule has 0 radical (unpaired) electrons. The maximum Gasteiger partial charge on any atom is 0.477 e. The van der Waals surface area contributed by atoms with E-state index in [-0.39, 0.29) is 5.75 Å². The molecule has 1 aromatic rings. The van der Waals surface area contributed by atoms with E-state index in [4.69, 9.17) is 0 Å². The molecule has 1 rings (SSSR count). The second kappa shape index (κ2) is 3.70. The SMILES string of the molecule is O=C(Cl)C(F)(F)Oc1ccccc1. The van der Waals surface area contributed by atoms with Crippen LogP contribution in [0.25, 0.3) is 0 Å². The lowest BCUT2D eigenvalue weighted by atomic mass is 10.3. The quantitative estimate of drug-likeness (QED) is 0.710. The smallest absolute Gasteiger partial charge is 0.426 e. The Morgan fingerprint density at radius 3 is 2.31 bits per heavy atom. The summed E-state index contributed by atoms with van der Waals surface area (Å²) >= 11 is 4.61. The zero-order valence-corrected chi connectivity index (χ0v) is 7.09. The lowest BCUT2D eigenvalue weighted by Crippen LogP contribution is -2.31. The molecule has 0 aliphatic heterocycles. The predicted octanol–water partition coefficient (Wildman–Crippen LogP) is 2.42. The minimum atomic E-state index is -3.97. The van der Waals surface area contributed by atoms with Gasteiger partial charge in [-0.05, 0) is 23.7 Å². The highest BCUT2D eigenvalue weighted by atomic mass is 35.5. The van der Waals surface area contributed by atoms with E-state index in [1.54, 1.807) is 6.07 Å². The van der Waals surface area contributed by atoms with Crippen LogP contribution in [-0.2, 0) is 4.79 Å². The van der Waals surface area contributed by atoms with E-state index in [0.717, 1.165) is 0 Å². The van der Waals surface area contributed by atoms with Crippen LogP contribution in [0.2, 0.25) is 0 Å². The maximum absolute atomic E-state index is 12.5. The summed E-state index contributed by atoms with van der Waals surface area (Å²) in [4.78, 5) is 10.2. The van der Waals surface area contributed by atoms with E-state index < -0.39 is 11.4 Å². The number of alkyl halides is 2. The Morgan fingerprint density at radius 1 is 1.31 bits per heavy atom. The van der Waals surface area contributed by atoms with Crippen molar-refractivity contribution < 1.29 is 18.3 Å². The van der Waals surface area contributed by atoms with Gasteiger partial charge in [0.25, 0.3) is 0 Å². The van der Waals surface area contributed by atoms with Crippen molar-refractivity contribution in [1.82, 2.24) is 0 Å². The minimum Gasteiger partial charge on any atom is -0.426 e. The zero-order chi connectivity index (χ0) is 9.90. The van der Waals surface area contributed by atoms with E-state index in [1.807, 2.05) is 0 Å². The van der Waals surface area contributed by atoms with Crippen molar-refractivity contribution in [2.45, 2.75) is 6.11 Å². The number of halogens is 3. The molecular formula is C8H5ClF2O2. The second-order valence-corrected chi connectivity index (χ2v) is 2.55. The van der Waals surface area contributed by atoms with Crippen LogP contribution < -0.4 is 4.74 Å². The Morgan fingerprint density at radius 2 is 1.85 bits per heavy atom. The minimum absolute atomic E-state index is 0.110. The van der Waals surface area contributed by atoms with E-state index >= 15 is 0 Å². The molecule has 13 heavy (non-hydrogen) atoms. The molecule has 0 N–H and O–H groups in total. The highest BCUT2D eigenvalue weighted by molar-refractivity contribution is 6.65. The molecule has 0 aliphatic carbocycles. The van der Waals surface area contributed by atoms with Crippen LogP contribution in [0.4, 0.5) is 8.78 Å². The molecule has 0 bridgehead atoms. The average molecular weight is 207 g/mol. The number of ether oxygens (including phenoxy) is 1. The molecule has 0 saturated carbocycles. The van der Waals surface area contributed by atoms with Gasteiger partial charge in [-0.1, -0.05) is 18.2 Å². The summed E-state index contributed by atoms with van der Waals surface area (Å²) in [6.07, 6.45) is -3.97. The zero-order valence-electron chi connectivity index (χ0n) is 6.34. The first-order valence-corrected chi connectivity index (χ1v) is 3.72. The summed E-state index contributed by atoms with van der Waals surface area (Å²) in [6, 6.07) is 7.24. The fourth-order valence-electron chi connectivity index (χ4n) is 0.677. The highest BCUT2D eigenvalue weighted by Crippen LogP contribution is 2.22. The van der Waals surface area contributed by atoms with Crippen LogP contribution in [-0.4, -0.2) is 11.4 Å². The van der Waals surface area contributed by atoms with E-state index in [0.29, 0.717) is 0 Å². The van der Waals surface area contributed by atoms with Gasteiger partial charge in [0, 0.05) is 0 Å². The molecule has 70 valence electrons. The van der Waals surface area contributed by atoms with Crippen LogP contribution >= 0.6 is 11.6 Å². The van der Waals surface area contributed by atoms with Crippen LogP contribution in [0.5, 0.6) is 5.75 Å². The van der Waals surface area contributed by atoms with Crippen molar-refractivity contribution >= 4 is 16.8 Å². The molecule has 0 amide bonds. The molecular weight excluding hydrogens is 202 g/mol. The molecule has 0 unspecified atom stereocenters. The van der Waals surface area contributed by atoms with E-state index in [9.17, 15) is 13.6 Å². The molecule has 0 saturated heterocycles. The molecule has 0 spiro atoms. The molecule has 0 aromatic heterocycles. The van der Waals surface area contributed by atoms with Gasteiger partial charge in [0.05, 0.1) is 0 Å². The molecule has 2 nitrogen and oxygen atoms in total. The highest BCUT2D eigenvalue weighted by Gasteiger charge is 2.40. The predicted molar refractivity (Wildman–Crippen MR) is 42.9 cm³/mol. The fourth-order valence-corrected chi connectivity index (χ4v) is 0.715. The van der Waals surface area contributed by atoms with Crippen molar-refractivity contribution in [2.75, 3.05) is 0 Å². The Balaban J connectivity index is 2.75. The van der Waals surface area contributed by atoms with Crippen molar-refractivity contribution in [3.8, 4) is 5.75 Å². The van der Waals surface area contributed by atoms with Crippen molar-refractivity contribution in [1.29, 1.82) is 0 Å². The molecule has 1 aromatic carbocycles. The third-order valence-electron chi connectivity index (χ3n) is 1.22. The second-order valence-electron chi connectivity index (χ2n) is 2.21. The Kier molecular flexibility index (Phi) is 2.83. The number of carbonyl (C=O) groups is 1. The number of hydrogen-bond acceptors (Lipinski definition) is 2. The van der Waals surface area contributed by atoms with Crippen LogP contribution in [0.15, 0.2) is 30.3 Å². The van der Waals surface area contributed by atoms with Gasteiger partial charge in [-0.25, -0.2) is 0 Å². The standard InChI is InChI=1S/C8H5ClF2O2/c9-7(12)8(10,11)13-6-4-2-1-3-5-6/h1-5H. The summed E-state index contributed by atoms with van der Waals surface area (Å²) in [5.41, 5.74) is 0. The summed E-state index contributed by atoms with van der Waals surface area (Å²) in [5.74, 6) is -0.110. The van der Waals surface area contributed by atoms with Gasteiger partial charge >= 0.3 is 11.4 Å². The molecule has 0 heterocycles. The Labute approximate surface area is 78.1 Å². The van der Waals surface area contributed by atoms with Gasteiger partial charge < -0.3 is 4.74 Å². The summed E-state index contributed by atoms with van der Waals surface area (Å²) in [5, 5.41) is -1.84. The molecule has 5 heteroatoms. The topological polar surface area (TPSA) is 26.3 Å². The number of para-hydroxylation sites is 1. The fraction of sp³-hybridized carbons (Fsp3) is 0.125. The maximum atomic E-state index is 12.5. The third-order valence-corrected chi connectivity index (χ3v) is 1.44. The van der Waals surface area contributed by atoms with Crippen LogP contribution in [0.3, 0.4) is 0 Å². The number of rotatable bonds is 3. The van der Waals surface area contributed by atoms with E-state index in [2.05, 4.69) is 16.3 Å². The Bertz CT molecular complexity index is 300. The van der Waals surface area contributed by atoms with Crippen molar-refractivity contribution in [3.05, 3.63) is 30.3 Å².